The third-order valence-corrected chi connectivity index (χ3v) is 7.10. The van der Waals surface area contributed by atoms with Crippen molar-refractivity contribution in [2.45, 2.75) is 49.6 Å². The largest absolute Gasteiger partial charge is 0.457 e. The van der Waals surface area contributed by atoms with Crippen LogP contribution < -0.4 is 16.4 Å². The Kier molecular flexibility index (Phi) is 8.34. The van der Waals surface area contributed by atoms with Gasteiger partial charge in [-0.05, 0) is 23.5 Å². The van der Waals surface area contributed by atoms with Crippen LogP contribution in [0, 0.1) is 28.6 Å². The normalized spacial score (nSPS) is 15.0. The predicted octanol–water partition coefficient (Wildman–Crippen LogP) is 2.42. The number of nitriles is 2. The lowest BCUT2D eigenvalue weighted by atomic mass is 10.0. The molecule has 1 saturated heterocycles. The lowest BCUT2D eigenvalue weighted by Gasteiger charge is -2.40. The maximum atomic E-state index is 12.3. The van der Waals surface area contributed by atoms with Crippen LogP contribution in [-0.4, -0.2) is 42.1 Å². The van der Waals surface area contributed by atoms with Crippen molar-refractivity contribution < 1.29 is 14.3 Å². The number of rotatable bonds is 9. The molecule has 1 aromatic heterocycles. The molecule has 9 nitrogen and oxygen atoms in total. The quantitative estimate of drug-likeness (QED) is 0.396. The second kappa shape index (κ2) is 11.2. The van der Waals surface area contributed by atoms with Gasteiger partial charge < -0.3 is 21.1 Å². The molecule has 1 aromatic carbocycles. The Labute approximate surface area is 209 Å². The lowest BCUT2D eigenvalue weighted by molar-refractivity contribution is -0.152. The van der Waals surface area contributed by atoms with E-state index in [1.54, 1.807) is 24.3 Å². The zero-order valence-electron chi connectivity index (χ0n) is 19.9. The first-order chi connectivity index (χ1) is 16.7. The third-order valence-electron chi connectivity index (χ3n) is 5.84. The van der Waals surface area contributed by atoms with Gasteiger partial charge in [-0.15, -0.1) is 0 Å². The number of nitrogens with zero attached hydrogens (tertiary/aromatic N) is 4. The molecule has 1 fully saturated rings. The van der Waals surface area contributed by atoms with E-state index in [9.17, 15) is 20.1 Å². The summed E-state index contributed by atoms with van der Waals surface area (Å²) in [6.45, 7) is 6.23. The van der Waals surface area contributed by atoms with E-state index in [1.165, 1.54) is 0 Å². The molecule has 1 amide bonds. The summed E-state index contributed by atoms with van der Waals surface area (Å²) in [4.78, 5) is 30.9. The summed E-state index contributed by atoms with van der Waals surface area (Å²) < 4.78 is 5.49. The highest BCUT2D eigenvalue weighted by Gasteiger charge is 2.36. The maximum Gasteiger partial charge on any atom is 0.323 e. The number of esters is 1. The van der Waals surface area contributed by atoms with Crippen molar-refractivity contribution >= 4 is 29.5 Å². The summed E-state index contributed by atoms with van der Waals surface area (Å²) in [5.74, 6) is -0.676. The summed E-state index contributed by atoms with van der Waals surface area (Å²) in [6, 6.07) is 12.7. The van der Waals surface area contributed by atoms with Gasteiger partial charge >= 0.3 is 5.97 Å². The number of primary amides is 1. The Bertz CT molecular complexity index is 1180. The summed E-state index contributed by atoms with van der Waals surface area (Å²) in [6.07, 6.45) is 0.0527. The van der Waals surface area contributed by atoms with Crippen molar-refractivity contribution in [3.8, 4) is 12.1 Å². The molecule has 0 spiro atoms. The average Bonchev–Trinajstić information content (AvgIpc) is 2.82. The second-order valence-electron chi connectivity index (χ2n) is 8.59. The Morgan fingerprint density at radius 1 is 1.20 bits per heavy atom. The van der Waals surface area contributed by atoms with E-state index in [0.29, 0.717) is 47.0 Å². The van der Waals surface area contributed by atoms with Gasteiger partial charge in [0, 0.05) is 0 Å². The molecule has 2 atom stereocenters. The zero-order valence-corrected chi connectivity index (χ0v) is 20.7. The van der Waals surface area contributed by atoms with Gasteiger partial charge in [-0.3, -0.25) is 9.59 Å². The van der Waals surface area contributed by atoms with Gasteiger partial charge in [-0.2, -0.15) is 10.5 Å². The minimum atomic E-state index is -0.760. The van der Waals surface area contributed by atoms with Gasteiger partial charge in [-0.1, -0.05) is 62.9 Å². The van der Waals surface area contributed by atoms with Crippen LogP contribution in [0.4, 0.5) is 5.82 Å². The Morgan fingerprint density at radius 2 is 1.83 bits per heavy atom. The summed E-state index contributed by atoms with van der Waals surface area (Å²) in [7, 11) is 0. The number of carbonyl (C=O) groups is 2. The number of pyridine rings is 1. The summed E-state index contributed by atoms with van der Waals surface area (Å²) >= 11 is 1.09. The molecule has 2 aromatic rings. The van der Waals surface area contributed by atoms with E-state index in [4.69, 9.17) is 16.2 Å². The fraction of sp³-hybridized carbons (Fsp3) is 0.400. The molecule has 4 N–H and O–H groups in total. The van der Waals surface area contributed by atoms with Crippen molar-refractivity contribution in [3.63, 3.8) is 0 Å². The molecule has 35 heavy (non-hydrogen) atoms. The van der Waals surface area contributed by atoms with Crippen LogP contribution in [0.3, 0.4) is 0 Å². The number of ether oxygens (including phenoxy) is 1. The number of hydrogen-bond acceptors (Lipinski definition) is 9. The first-order valence-electron chi connectivity index (χ1n) is 11.3. The molecule has 0 aliphatic carbocycles. The molecule has 0 radical (unpaired) electrons. The first kappa shape index (κ1) is 26.0. The lowest BCUT2D eigenvalue weighted by Crippen LogP contribution is -2.55. The van der Waals surface area contributed by atoms with Crippen molar-refractivity contribution in [2.75, 3.05) is 18.0 Å². The Balaban J connectivity index is 1.93. The number of aromatic nitrogens is 1. The Hall–Kier alpha value is -3.60. The number of benzene rings is 1. The molecule has 182 valence electrons. The minimum Gasteiger partial charge on any atom is -0.457 e. The fourth-order valence-electron chi connectivity index (χ4n) is 3.73. The van der Waals surface area contributed by atoms with E-state index < -0.39 is 23.2 Å². The van der Waals surface area contributed by atoms with Gasteiger partial charge in [0.2, 0.25) is 5.91 Å². The monoisotopic (exact) mass is 492 g/mol. The van der Waals surface area contributed by atoms with Crippen LogP contribution in [0.5, 0.6) is 0 Å². The number of nitrogens with two attached hydrogens (primary N) is 2. The van der Waals surface area contributed by atoms with Crippen LogP contribution in [0.1, 0.15) is 48.3 Å². The van der Waals surface area contributed by atoms with Gasteiger partial charge in [0.25, 0.3) is 0 Å². The number of amides is 1. The van der Waals surface area contributed by atoms with Crippen LogP contribution in [0.25, 0.3) is 0 Å². The van der Waals surface area contributed by atoms with Gasteiger partial charge in [-0.25, -0.2) is 4.98 Å². The van der Waals surface area contributed by atoms with Gasteiger partial charge in [0.15, 0.2) is 0 Å². The standard InChI is InChI=1S/C25H28N6O3S/c1-4-17-18(10-26)23(31-12-16(13-31)34-25(33)20(28)14(2)3)30-24(19(17)11-27)35-21(22(29)32)15-8-6-5-7-9-15/h5-9,14,16,20-21H,4,12-13,28H2,1-3H3,(H2,29,32)/t20-,21?/m0/s1. The van der Waals surface area contributed by atoms with E-state index in [0.717, 1.165) is 11.8 Å². The smallest absolute Gasteiger partial charge is 0.323 e. The topological polar surface area (TPSA) is 159 Å². The van der Waals surface area contributed by atoms with Crippen LogP contribution in [-0.2, 0) is 20.7 Å². The molecule has 1 aliphatic rings. The highest BCUT2D eigenvalue weighted by atomic mass is 32.2. The highest BCUT2D eigenvalue weighted by molar-refractivity contribution is 8.00. The van der Waals surface area contributed by atoms with E-state index in [2.05, 4.69) is 17.1 Å². The molecule has 0 bridgehead atoms. The predicted molar refractivity (Wildman–Crippen MR) is 132 cm³/mol. The average molecular weight is 493 g/mol. The minimum absolute atomic E-state index is 0.0430. The number of anilines is 1. The molecule has 1 aliphatic heterocycles. The molecule has 0 saturated carbocycles. The maximum absolute atomic E-state index is 12.3. The number of carbonyl (C=O) groups excluding carboxylic acids is 2. The van der Waals surface area contributed by atoms with E-state index in [1.807, 2.05) is 31.7 Å². The molecular weight excluding hydrogens is 464 g/mol. The van der Waals surface area contributed by atoms with Crippen molar-refractivity contribution in [1.29, 1.82) is 10.5 Å². The van der Waals surface area contributed by atoms with Crippen LogP contribution >= 0.6 is 11.8 Å². The summed E-state index contributed by atoms with van der Waals surface area (Å²) in [5, 5.41) is 19.4. The molecule has 10 heteroatoms. The molecule has 3 rings (SSSR count). The van der Waals surface area contributed by atoms with Crippen LogP contribution in [0.2, 0.25) is 0 Å². The van der Waals surface area contributed by atoms with Crippen LogP contribution in [0.15, 0.2) is 35.4 Å². The van der Waals surface area contributed by atoms with E-state index >= 15 is 0 Å². The van der Waals surface area contributed by atoms with Crippen molar-refractivity contribution in [1.82, 2.24) is 4.98 Å². The van der Waals surface area contributed by atoms with Crippen molar-refractivity contribution in [3.05, 3.63) is 52.6 Å². The van der Waals surface area contributed by atoms with Gasteiger partial charge in [0.1, 0.15) is 40.4 Å². The summed E-state index contributed by atoms with van der Waals surface area (Å²) in [5.41, 5.74) is 13.4. The fourth-order valence-corrected chi connectivity index (χ4v) is 4.79. The number of hydrogen-bond donors (Lipinski definition) is 2. The molecule has 1 unspecified atom stereocenters. The van der Waals surface area contributed by atoms with E-state index in [-0.39, 0.29) is 17.6 Å². The second-order valence-corrected chi connectivity index (χ2v) is 9.68. The number of thioether (sulfide) groups is 1. The SMILES string of the molecule is CCc1c(C#N)c(SC(C(N)=O)c2ccccc2)nc(N2CC(OC(=O)[C@@H](N)C(C)C)C2)c1C#N. The van der Waals surface area contributed by atoms with Crippen molar-refractivity contribution in [2.24, 2.45) is 17.4 Å². The first-order valence-corrected chi connectivity index (χ1v) is 12.2. The van der Waals surface area contributed by atoms with Gasteiger partial charge in [0.05, 0.1) is 24.2 Å². The highest BCUT2D eigenvalue weighted by Crippen LogP contribution is 2.40. The molecule has 2 heterocycles. The molecular formula is C25H28N6O3S. The Morgan fingerprint density at radius 3 is 2.34 bits per heavy atom. The zero-order chi connectivity index (χ0) is 25.7. The third kappa shape index (κ3) is 5.56.